The van der Waals surface area contributed by atoms with Crippen LogP contribution < -0.4 is 16.0 Å². The van der Waals surface area contributed by atoms with Crippen molar-refractivity contribution in [3.63, 3.8) is 0 Å². The molecule has 0 fully saturated rings. The zero-order valence-corrected chi connectivity index (χ0v) is 26.6. The lowest BCUT2D eigenvalue weighted by molar-refractivity contribution is -0.167. The Morgan fingerprint density at radius 2 is 1.40 bits per heavy atom. The fourth-order valence-corrected chi connectivity index (χ4v) is 4.99. The van der Waals surface area contributed by atoms with Crippen LogP contribution in [0.25, 0.3) is 0 Å². The van der Waals surface area contributed by atoms with Gasteiger partial charge in [0.25, 0.3) is 11.8 Å². The van der Waals surface area contributed by atoms with E-state index in [2.05, 4.69) is 10.6 Å². The van der Waals surface area contributed by atoms with Crippen LogP contribution in [0.1, 0.15) is 47.8 Å². The molecule has 48 heavy (non-hydrogen) atoms. The third-order valence-electron chi connectivity index (χ3n) is 7.33. The molecule has 0 radical (unpaired) electrons. The minimum atomic E-state index is -5.01. The molecule has 3 aromatic rings. The molecule has 0 aliphatic heterocycles. The number of benzene rings is 3. The molecule has 0 heterocycles. The van der Waals surface area contributed by atoms with Crippen LogP contribution in [0.15, 0.2) is 84.9 Å². The standard InChI is InChI=1S/C34H33ClF5N3O5/c1-20(2)25(29(45)34(39,40)32(48)41-19-33(36,37)38)18-27(44)28(22-11-5-3-6-12-22)43-31(47)26(17-21-10-9-15-24(35)16-21)42-30(46)23-13-7-4-8-14-23/h3-16,20,25-26,28H,17-19H2,1-2H3,(H,41,48)(H,42,46)(H,43,47)/t25-,26?,28-/m0/s1. The average molecular weight is 694 g/mol. The topological polar surface area (TPSA) is 121 Å². The van der Waals surface area contributed by atoms with Gasteiger partial charge in [-0.2, -0.15) is 22.0 Å². The first-order valence-electron chi connectivity index (χ1n) is 14.7. The first-order valence-corrected chi connectivity index (χ1v) is 15.1. The third-order valence-corrected chi connectivity index (χ3v) is 7.57. The van der Waals surface area contributed by atoms with Crippen molar-refractivity contribution in [3.05, 3.63) is 107 Å². The third kappa shape index (κ3) is 10.7. The summed E-state index contributed by atoms with van der Waals surface area (Å²) in [5.74, 6) is -14.5. The maximum Gasteiger partial charge on any atom is 0.405 e. The van der Waals surface area contributed by atoms with Crippen LogP contribution in [0.4, 0.5) is 22.0 Å². The minimum absolute atomic E-state index is 0.0625. The molecule has 0 aliphatic rings. The number of hydrogen-bond acceptors (Lipinski definition) is 5. The van der Waals surface area contributed by atoms with Gasteiger partial charge in [-0.1, -0.05) is 86.1 Å². The summed E-state index contributed by atoms with van der Waals surface area (Å²) in [6.07, 6.45) is -5.96. The molecule has 3 amide bonds. The summed E-state index contributed by atoms with van der Waals surface area (Å²) < 4.78 is 67.2. The van der Waals surface area contributed by atoms with Gasteiger partial charge in [-0.3, -0.25) is 24.0 Å². The monoisotopic (exact) mass is 693 g/mol. The fraction of sp³-hybridized carbons (Fsp3) is 0.324. The predicted octanol–water partition coefficient (Wildman–Crippen LogP) is 5.65. The Balaban J connectivity index is 1.90. The van der Waals surface area contributed by atoms with Crippen LogP contribution in [-0.4, -0.2) is 54.0 Å². The van der Waals surface area contributed by atoms with Crippen molar-refractivity contribution in [1.29, 1.82) is 0 Å². The van der Waals surface area contributed by atoms with Gasteiger partial charge in [0.1, 0.15) is 18.6 Å². The van der Waals surface area contributed by atoms with Gasteiger partial charge in [0.05, 0.1) is 0 Å². The van der Waals surface area contributed by atoms with Crippen molar-refractivity contribution in [3.8, 4) is 0 Å². The number of hydrogen-bond donors (Lipinski definition) is 3. The highest BCUT2D eigenvalue weighted by Gasteiger charge is 2.52. The second kappa shape index (κ2) is 16.4. The van der Waals surface area contributed by atoms with Crippen LogP contribution in [0, 0.1) is 11.8 Å². The predicted molar refractivity (Wildman–Crippen MR) is 167 cm³/mol. The number of ketones is 2. The van der Waals surface area contributed by atoms with E-state index in [4.69, 9.17) is 11.6 Å². The quantitative estimate of drug-likeness (QED) is 0.140. The normalized spacial score (nSPS) is 13.6. The molecule has 0 spiro atoms. The van der Waals surface area contributed by atoms with Crippen molar-refractivity contribution >= 4 is 40.9 Å². The lowest BCUT2D eigenvalue weighted by atomic mass is 9.82. The molecule has 1 unspecified atom stereocenters. The minimum Gasteiger partial charge on any atom is -0.341 e. The Hall–Kier alpha value is -4.65. The van der Waals surface area contributed by atoms with Crippen molar-refractivity contribution in [2.75, 3.05) is 6.54 Å². The lowest BCUT2D eigenvalue weighted by Gasteiger charge is -2.27. The number of halogens is 6. The number of alkyl halides is 5. The second-order valence-electron chi connectivity index (χ2n) is 11.3. The molecule has 0 saturated heterocycles. The summed E-state index contributed by atoms with van der Waals surface area (Å²) in [4.78, 5) is 65.5. The Morgan fingerprint density at radius 3 is 1.96 bits per heavy atom. The van der Waals surface area contributed by atoms with Gasteiger partial charge in [-0.15, -0.1) is 0 Å². The SMILES string of the molecule is CC(C)[C@H](CC(=O)[C@@H](NC(=O)C(Cc1cccc(Cl)c1)NC(=O)c1ccccc1)c1ccccc1)C(=O)C(F)(F)C(=O)NCC(F)(F)F. The number of amides is 3. The first kappa shape index (κ1) is 37.8. The number of nitrogens with one attached hydrogen (secondary N) is 3. The Kier molecular flexibility index (Phi) is 13.0. The molecule has 0 bridgehead atoms. The molecule has 3 aromatic carbocycles. The van der Waals surface area contributed by atoms with E-state index >= 15 is 0 Å². The van der Waals surface area contributed by atoms with Gasteiger partial charge in [0, 0.05) is 29.3 Å². The lowest BCUT2D eigenvalue weighted by Crippen LogP contribution is -2.52. The summed E-state index contributed by atoms with van der Waals surface area (Å²) >= 11 is 6.12. The fourth-order valence-electron chi connectivity index (χ4n) is 4.78. The first-order chi connectivity index (χ1) is 22.5. The number of rotatable bonds is 15. The summed E-state index contributed by atoms with van der Waals surface area (Å²) in [7, 11) is 0. The van der Waals surface area contributed by atoms with Crippen molar-refractivity contribution in [2.24, 2.45) is 11.8 Å². The highest BCUT2D eigenvalue weighted by Crippen LogP contribution is 2.30. The molecule has 0 aliphatic carbocycles. The molecule has 0 aromatic heterocycles. The molecular formula is C34H33ClF5N3O5. The van der Waals surface area contributed by atoms with Gasteiger partial charge in [-0.25, -0.2) is 0 Å². The molecule has 3 rings (SSSR count). The largest absolute Gasteiger partial charge is 0.405 e. The van der Waals surface area contributed by atoms with Crippen LogP contribution >= 0.6 is 11.6 Å². The zero-order chi connectivity index (χ0) is 35.6. The average Bonchev–Trinajstić information content (AvgIpc) is 3.04. The Morgan fingerprint density at radius 1 is 0.792 bits per heavy atom. The second-order valence-corrected chi connectivity index (χ2v) is 11.8. The number of Topliss-reactive ketones (excluding diaryl/α,β-unsaturated/α-hetero) is 2. The molecule has 8 nitrogen and oxygen atoms in total. The van der Waals surface area contributed by atoms with E-state index in [9.17, 15) is 45.9 Å². The van der Waals surface area contributed by atoms with E-state index in [1.165, 1.54) is 38.1 Å². The van der Waals surface area contributed by atoms with E-state index in [1.807, 2.05) is 0 Å². The van der Waals surface area contributed by atoms with E-state index in [0.717, 1.165) is 5.32 Å². The maximum absolute atomic E-state index is 14.8. The van der Waals surface area contributed by atoms with Crippen molar-refractivity contribution in [2.45, 2.75) is 50.9 Å². The molecule has 0 saturated carbocycles. The molecule has 14 heteroatoms. The smallest absolute Gasteiger partial charge is 0.341 e. The van der Waals surface area contributed by atoms with Crippen molar-refractivity contribution in [1.82, 2.24) is 16.0 Å². The van der Waals surface area contributed by atoms with E-state index in [1.54, 1.807) is 60.7 Å². The molecular weight excluding hydrogens is 661 g/mol. The zero-order valence-electron chi connectivity index (χ0n) is 25.8. The highest BCUT2D eigenvalue weighted by atomic mass is 35.5. The summed E-state index contributed by atoms with van der Waals surface area (Å²) in [6.45, 7) is 0.574. The van der Waals surface area contributed by atoms with Crippen LogP contribution in [0.5, 0.6) is 0 Å². The summed E-state index contributed by atoms with van der Waals surface area (Å²) in [5.41, 5.74) is 1.03. The van der Waals surface area contributed by atoms with Gasteiger partial charge in [-0.05, 0) is 41.3 Å². The van der Waals surface area contributed by atoms with Gasteiger partial charge in [0.15, 0.2) is 5.78 Å². The van der Waals surface area contributed by atoms with Gasteiger partial charge in [0.2, 0.25) is 11.7 Å². The highest BCUT2D eigenvalue weighted by molar-refractivity contribution is 6.30. The Bertz CT molecular complexity index is 1600. The van der Waals surface area contributed by atoms with E-state index < -0.39 is 78.3 Å². The molecule has 3 N–H and O–H groups in total. The van der Waals surface area contributed by atoms with Crippen molar-refractivity contribution < 1.29 is 45.9 Å². The van der Waals surface area contributed by atoms with E-state index in [-0.39, 0.29) is 17.5 Å². The van der Waals surface area contributed by atoms with E-state index in [0.29, 0.717) is 10.6 Å². The van der Waals surface area contributed by atoms with Gasteiger partial charge < -0.3 is 16.0 Å². The number of carbonyl (C=O) groups excluding carboxylic acids is 5. The number of carbonyl (C=O) groups is 5. The summed E-state index contributed by atoms with van der Waals surface area (Å²) in [5, 5.41) is 6.59. The van der Waals surface area contributed by atoms with Gasteiger partial charge >= 0.3 is 12.1 Å². The molecule has 3 atom stereocenters. The van der Waals surface area contributed by atoms with Crippen LogP contribution in [0.2, 0.25) is 5.02 Å². The summed E-state index contributed by atoms with van der Waals surface area (Å²) in [6, 6.07) is 19.4. The van der Waals surface area contributed by atoms with Crippen LogP contribution in [0.3, 0.4) is 0 Å². The van der Waals surface area contributed by atoms with Crippen LogP contribution in [-0.2, 0) is 25.6 Å². The molecule has 256 valence electrons. The maximum atomic E-state index is 14.8. The Labute approximate surface area is 278 Å².